The Balaban J connectivity index is 1.79. The third kappa shape index (κ3) is 7.99. The predicted molar refractivity (Wildman–Crippen MR) is 112 cm³/mol. The first kappa shape index (κ1) is 21.1. The number of nitrogens with one attached hydrogen (secondary N) is 1. The number of hydrogen-bond donors (Lipinski definition) is 1. The van der Waals surface area contributed by atoms with Gasteiger partial charge in [0.05, 0.1) is 0 Å². The number of halogens is 2. The fourth-order valence-corrected chi connectivity index (χ4v) is 3.28. The van der Waals surface area contributed by atoms with Gasteiger partial charge < -0.3 is 10.1 Å². The van der Waals surface area contributed by atoms with Gasteiger partial charge in [0.1, 0.15) is 12.4 Å². The predicted octanol–water partition coefficient (Wildman–Crippen LogP) is 7.02. The Morgan fingerprint density at radius 3 is 2.46 bits per heavy atom. The van der Waals surface area contributed by atoms with E-state index in [0.29, 0.717) is 6.61 Å². The van der Waals surface area contributed by atoms with Crippen LogP contribution in [0.4, 0.5) is 0 Å². The molecule has 2 aromatic carbocycles. The molecule has 0 aliphatic heterocycles. The van der Waals surface area contributed by atoms with E-state index >= 15 is 0 Å². The van der Waals surface area contributed by atoms with Gasteiger partial charge in [-0.15, -0.1) is 0 Å². The van der Waals surface area contributed by atoms with E-state index in [1.807, 2.05) is 42.5 Å². The summed E-state index contributed by atoms with van der Waals surface area (Å²) in [5.74, 6) is 0.866. The number of benzene rings is 2. The van der Waals surface area contributed by atoms with Crippen LogP contribution in [0.1, 0.15) is 56.6 Å². The second-order valence-electron chi connectivity index (χ2n) is 6.62. The maximum atomic E-state index is 6.17. The lowest BCUT2D eigenvalue weighted by atomic mass is 10.1. The number of hydrogen-bond acceptors (Lipinski definition) is 2. The summed E-state index contributed by atoms with van der Waals surface area (Å²) in [7, 11) is 0. The van der Waals surface area contributed by atoms with Crippen molar-refractivity contribution in [3.8, 4) is 5.75 Å². The molecule has 0 saturated heterocycles. The van der Waals surface area contributed by atoms with Crippen molar-refractivity contribution < 1.29 is 4.74 Å². The molecule has 0 aliphatic rings. The van der Waals surface area contributed by atoms with Gasteiger partial charge in [-0.3, -0.25) is 0 Å². The molecule has 0 atom stereocenters. The van der Waals surface area contributed by atoms with Gasteiger partial charge in [-0.25, -0.2) is 0 Å². The van der Waals surface area contributed by atoms with E-state index in [1.54, 1.807) is 0 Å². The first-order chi connectivity index (χ1) is 12.7. The monoisotopic (exact) mass is 393 g/mol. The summed E-state index contributed by atoms with van der Waals surface area (Å²) in [5, 5.41) is 4.97. The summed E-state index contributed by atoms with van der Waals surface area (Å²) in [6.45, 7) is 4.53. The van der Waals surface area contributed by atoms with Crippen LogP contribution in [0.15, 0.2) is 42.5 Å². The van der Waals surface area contributed by atoms with Crippen LogP contribution in [0.3, 0.4) is 0 Å². The summed E-state index contributed by atoms with van der Waals surface area (Å²) in [6, 6.07) is 13.5. The van der Waals surface area contributed by atoms with Gasteiger partial charge in [-0.1, -0.05) is 74.4 Å². The van der Waals surface area contributed by atoms with Crippen LogP contribution in [-0.2, 0) is 13.2 Å². The van der Waals surface area contributed by atoms with Crippen LogP contribution < -0.4 is 10.1 Å². The molecule has 4 heteroatoms. The summed E-state index contributed by atoms with van der Waals surface area (Å²) < 4.78 is 6.00. The second kappa shape index (κ2) is 12.2. The summed E-state index contributed by atoms with van der Waals surface area (Å²) in [5.41, 5.74) is 2.14. The van der Waals surface area contributed by atoms with Crippen LogP contribution in [-0.4, -0.2) is 6.54 Å². The van der Waals surface area contributed by atoms with Crippen molar-refractivity contribution in [2.75, 3.05) is 6.54 Å². The number of rotatable bonds is 12. The first-order valence-corrected chi connectivity index (χ1v) is 10.3. The summed E-state index contributed by atoms with van der Waals surface area (Å²) in [6.07, 6.45) is 7.84. The molecule has 2 nitrogen and oxygen atoms in total. The Bertz CT molecular complexity index is 660. The van der Waals surface area contributed by atoms with E-state index in [2.05, 4.69) is 12.2 Å². The van der Waals surface area contributed by atoms with Gasteiger partial charge in [-0.05, 0) is 48.9 Å². The van der Waals surface area contributed by atoms with E-state index in [4.69, 9.17) is 27.9 Å². The van der Waals surface area contributed by atoms with Crippen LogP contribution in [0.25, 0.3) is 0 Å². The van der Waals surface area contributed by atoms with E-state index < -0.39 is 0 Å². The van der Waals surface area contributed by atoms with Crippen molar-refractivity contribution in [1.29, 1.82) is 0 Å². The van der Waals surface area contributed by atoms with Crippen LogP contribution in [0.5, 0.6) is 5.75 Å². The molecular weight excluding hydrogens is 365 g/mol. The Labute approximate surface area is 167 Å². The zero-order valence-corrected chi connectivity index (χ0v) is 17.1. The molecule has 2 aromatic rings. The smallest absolute Gasteiger partial charge is 0.124 e. The SMILES string of the molecule is CCCCCCCCNCc1cc(Cl)ccc1OCc1cccc(Cl)c1. The van der Waals surface area contributed by atoms with Crippen LogP contribution >= 0.6 is 23.2 Å². The van der Waals surface area contributed by atoms with E-state index in [9.17, 15) is 0 Å². The molecule has 0 saturated carbocycles. The molecule has 0 aromatic heterocycles. The fourth-order valence-electron chi connectivity index (χ4n) is 2.87. The lowest BCUT2D eigenvalue weighted by Gasteiger charge is -2.13. The van der Waals surface area contributed by atoms with Crippen LogP contribution in [0, 0.1) is 0 Å². The standard InChI is InChI=1S/C22H29Cl2NO/c1-2-3-4-5-6-7-13-25-16-19-15-21(24)11-12-22(19)26-17-18-9-8-10-20(23)14-18/h8-12,14-15,25H,2-7,13,16-17H2,1H3. The van der Waals surface area contributed by atoms with Crippen molar-refractivity contribution in [2.45, 2.75) is 58.6 Å². The molecule has 0 unspecified atom stereocenters. The van der Waals surface area contributed by atoms with Gasteiger partial charge in [-0.2, -0.15) is 0 Å². The molecule has 26 heavy (non-hydrogen) atoms. The van der Waals surface area contributed by atoms with E-state index in [1.165, 1.54) is 38.5 Å². The molecule has 0 bridgehead atoms. The van der Waals surface area contributed by atoms with Gasteiger partial charge >= 0.3 is 0 Å². The normalized spacial score (nSPS) is 10.9. The molecule has 142 valence electrons. The largest absolute Gasteiger partial charge is 0.489 e. The minimum absolute atomic E-state index is 0.493. The van der Waals surface area contributed by atoms with E-state index in [0.717, 1.165) is 40.0 Å². The molecule has 0 spiro atoms. The second-order valence-corrected chi connectivity index (χ2v) is 7.49. The van der Waals surface area contributed by atoms with Gasteiger partial charge in [0.2, 0.25) is 0 Å². The Kier molecular flexibility index (Phi) is 9.91. The van der Waals surface area contributed by atoms with Crippen molar-refractivity contribution in [3.63, 3.8) is 0 Å². The average molecular weight is 394 g/mol. The molecule has 1 N–H and O–H groups in total. The first-order valence-electron chi connectivity index (χ1n) is 9.55. The van der Waals surface area contributed by atoms with Gasteiger partial charge in [0.15, 0.2) is 0 Å². The molecule has 0 radical (unpaired) electrons. The van der Waals surface area contributed by atoms with Crippen molar-refractivity contribution in [1.82, 2.24) is 5.32 Å². The van der Waals surface area contributed by atoms with Gasteiger partial charge in [0.25, 0.3) is 0 Å². The maximum absolute atomic E-state index is 6.17. The molecule has 0 fully saturated rings. The minimum atomic E-state index is 0.493. The third-order valence-corrected chi connectivity index (χ3v) is 4.80. The average Bonchev–Trinajstić information content (AvgIpc) is 2.63. The fraction of sp³-hybridized carbons (Fsp3) is 0.455. The zero-order valence-electron chi connectivity index (χ0n) is 15.6. The van der Waals surface area contributed by atoms with Crippen molar-refractivity contribution in [2.24, 2.45) is 0 Å². The molecule has 0 amide bonds. The highest BCUT2D eigenvalue weighted by Gasteiger charge is 2.06. The van der Waals surface area contributed by atoms with Crippen molar-refractivity contribution >= 4 is 23.2 Å². The highest BCUT2D eigenvalue weighted by Crippen LogP contribution is 2.24. The minimum Gasteiger partial charge on any atom is -0.489 e. The topological polar surface area (TPSA) is 21.3 Å². The Morgan fingerprint density at radius 2 is 1.65 bits per heavy atom. The summed E-state index contributed by atoms with van der Waals surface area (Å²) >= 11 is 12.2. The van der Waals surface area contributed by atoms with Gasteiger partial charge in [0, 0.05) is 22.2 Å². The van der Waals surface area contributed by atoms with E-state index in [-0.39, 0.29) is 0 Å². The summed E-state index contributed by atoms with van der Waals surface area (Å²) in [4.78, 5) is 0. The lowest BCUT2D eigenvalue weighted by molar-refractivity contribution is 0.302. The quantitative estimate of drug-likeness (QED) is 0.391. The third-order valence-electron chi connectivity index (χ3n) is 4.33. The number of ether oxygens (including phenoxy) is 1. The molecule has 2 rings (SSSR count). The highest BCUT2D eigenvalue weighted by molar-refractivity contribution is 6.30. The zero-order chi connectivity index (χ0) is 18.6. The molecular formula is C22H29Cl2NO. The Hall–Kier alpha value is -1.22. The lowest BCUT2D eigenvalue weighted by Crippen LogP contribution is -2.15. The molecule has 0 aliphatic carbocycles. The Morgan fingerprint density at radius 1 is 0.885 bits per heavy atom. The highest BCUT2D eigenvalue weighted by atomic mass is 35.5. The number of unbranched alkanes of at least 4 members (excludes halogenated alkanes) is 5. The van der Waals surface area contributed by atoms with Crippen LogP contribution in [0.2, 0.25) is 10.0 Å². The maximum Gasteiger partial charge on any atom is 0.124 e. The van der Waals surface area contributed by atoms with Crippen molar-refractivity contribution in [3.05, 3.63) is 63.6 Å². The molecule has 0 heterocycles.